The van der Waals surface area contributed by atoms with E-state index in [-0.39, 0.29) is 30.8 Å². The first-order valence-corrected chi connectivity index (χ1v) is 11.3. The van der Waals surface area contributed by atoms with E-state index in [2.05, 4.69) is 0 Å². The van der Waals surface area contributed by atoms with Crippen LogP contribution in [0.1, 0.15) is 53.4 Å². The summed E-state index contributed by atoms with van der Waals surface area (Å²) in [5, 5.41) is 21.6. The van der Waals surface area contributed by atoms with E-state index in [1.165, 1.54) is 6.08 Å². The van der Waals surface area contributed by atoms with Crippen LogP contribution >= 0.6 is 0 Å². The largest absolute Gasteiger partial charge is 0.478 e. The van der Waals surface area contributed by atoms with E-state index in [1.807, 2.05) is 0 Å². The van der Waals surface area contributed by atoms with E-state index >= 15 is 4.39 Å². The molecule has 0 radical (unpaired) electrons. The fraction of sp³-hybridized carbons (Fsp3) is 0.708. The maximum atomic E-state index is 15.4. The molecule has 8 heteroatoms. The second-order valence-corrected chi connectivity index (χ2v) is 10.4. The molecule has 2 N–H and O–H groups in total. The Hall–Kier alpha value is -2.09. The minimum atomic E-state index is -1.84. The number of carbonyl (C=O) groups is 3. The van der Waals surface area contributed by atoms with Gasteiger partial charge in [0.25, 0.3) is 0 Å². The summed E-state index contributed by atoms with van der Waals surface area (Å²) in [6.45, 7) is 6.64. The number of aliphatic hydroxyl groups excluding tert-OH is 1. The molecule has 6 nitrogen and oxygen atoms in total. The van der Waals surface area contributed by atoms with Crippen LogP contribution in [0.3, 0.4) is 0 Å². The Morgan fingerprint density at radius 3 is 2.53 bits per heavy atom. The molecule has 4 aliphatic carbocycles. The lowest BCUT2D eigenvalue weighted by molar-refractivity contribution is -0.216. The van der Waals surface area contributed by atoms with Crippen molar-refractivity contribution in [1.82, 2.24) is 0 Å². The third kappa shape index (κ3) is 2.68. The van der Waals surface area contributed by atoms with Crippen molar-refractivity contribution in [3.05, 3.63) is 23.6 Å². The fourth-order valence-corrected chi connectivity index (χ4v) is 7.72. The Morgan fingerprint density at radius 2 is 1.94 bits per heavy atom. The topological polar surface area (TPSA) is 101 Å². The highest BCUT2D eigenvalue weighted by atomic mass is 19.1. The molecule has 0 saturated heterocycles. The quantitative estimate of drug-likeness (QED) is 0.636. The predicted octanol–water partition coefficient (Wildman–Crippen LogP) is 3.53. The number of aliphatic hydroxyl groups is 1. The molecule has 3 fully saturated rings. The number of ether oxygens (including phenoxy) is 1. The van der Waals surface area contributed by atoms with Crippen molar-refractivity contribution in [3.63, 3.8) is 0 Å². The van der Waals surface area contributed by atoms with Gasteiger partial charge in [0.1, 0.15) is 6.17 Å². The summed E-state index contributed by atoms with van der Waals surface area (Å²) >= 11 is 0. The van der Waals surface area contributed by atoms with Gasteiger partial charge in [-0.1, -0.05) is 33.8 Å². The van der Waals surface area contributed by atoms with Crippen LogP contribution in [0.15, 0.2) is 23.6 Å². The Morgan fingerprint density at radius 1 is 1.28 bits per heavy atom. The Bertz CT molecular complexity index is 943. The molecule has 3 saturated carbocycles. The fourth-order valence-electron chi connectivity index (χ4n) is 7.72. The van der Waals surface area contributed by atoms with Crippen molar-refractivity contribution >= 4 is 17.7 Å². The zero-order valence-corrected chi connectivity index (χ0v) is 18.7. The summed E-state index contributed by atoms with van der Waals surface area (Å²) in [6.07, 6.45) is 0.0385. The van der Waals surface area contributed by atoms with Gasteiger partial charge in [0.05, 0.1) is 6.10 Å². The first-order chi connectivity index (χ1) is 14.8. The molecule has 0 spiro atoms. The number of carboxylic acids is 1. The monoisotopic (exact) mass is 452 g/mol. The smallest absolute Gasteiger partial charge is 0.349 e. The molecule has 9 atom stereocenters. The van der Waals surface area contributed by atoms with Crippen LogP contribution in [0, 0.1) is 34.5 Å². The number of esters is 1. The van der Waals surface area contributed by atoms with Gasteiger partial charge in [-0.2, -0.15) is 0 Å². The van der Waals surface area contributed by atoms with Crippen molar-refractivity contribution in [2.45, 2.75) is 71.3 Å². The van der Waals surface area contributed by atoms with Crippen molar-refractivity contribution in [2.75, 3.05) is 0 Å². The molecule has 32 heavy (non-hydrogen) atoms. The highest BCUT2D eigenvalue weighted by Crippen LogP contribution is 2.69. The minimum absolute atomic E-state index is 0.00792. The standard InChI is InChI=1S/C24H30F2O6/c1-5-17(29)32-24(21(30)31)11(2)8-13-12-9-14(25)19-20(26)15(27)6-7-22(19,3)18(12)16(28)10-23(13,24)4/h6-7,11-14,16,18,28H,5,8-10H2,1-4H3,(H,30,31)/t11-,12-,13-,14-,16-,18+,22+,23-,24-/m0/s1. The van der Waals surface area contributed by atoms with Gasteiger partial charge in [-0.15, -0.1) is 0 Å². The van der Waals surface area contributed by atoms with Gasteiger partial charge in [-0.25, -0.2) is 13.6 Å². The summed E-state index contributed by atoms with van der Waals surface area (Å²) < 4.78 is 35.8. The zero-order chi connectivity index (χ0) is 23.8. The van der Waals surface area contributed by atoms with E-state index in [4.69, 9.17) is 4.74 Å². The molecule has 4 rings (SSSR count). The van der Waals surface area contributed by atoms with Crippen LogP contribution in [0.4, 0.5) is 8.78 Å². The molecule has 0 bridgehead atoms. The second-order valence-electron chi connectivity index (χ2n) is 10.4. The molecule has 0 aliphatic heterocycles. The number of carboxylic acid groups (broad SMARTS) is 1. The van der Waals surface area contributed by atoms with Crippen LogP contribution < -0.4 is 0 Å². The highest BCUT2D eigenvalue weighted by molar-refractivity contribution is 6.04. The van der Waals surface area contributed by atoms with E-state index in [1.54, 1.807) is 27.7 Å². The van der Waals surface area contributed by atoms with Crippen LogP contribution in [-0.4, -0.2) is 45.8 Å². The predicted molar refractivity (Wildman–Crippen MR) is 110 cm³/mol. The van der Waals surface area contributed by atoms with E-state index < -0.39 is 70.0 Å². The Kier molecular flexibility index (Phi) is 5.20. The lowest BCUT2D eigenvalue weighted by Gasteiger charge is -2.60. The van der Waals surface area contributed by atoms with E-state index in [0.29, 0.717) is 6.42 Å². The molecule has 0 heterocycles. The summed E-state index contributed by atoms with van der Waals surface area (Å²) in [4.78, 5) is 36.8. The lowest BCUT2D eigenvalue weighted by atomic mass is 9.46. The number of allylic oxidation sites excluding steroid dienone is 4. The first kappa shape index (κ1) is 23.1. The average molecular weight is 452 g/mol. The van der Waals surface area contributed by atoms with Gasteiger partial charge < -0.3 is 14.9 Å². The van der Waals surface area contributed by atoms with E-state index in [0.717, 1.165) is 6.08 Å². The third-order valence-electron chi connectivity index (χ3n) is 8.97. The molecule has 0 aromatic heterocycles. The summed E-state index contributed by atoms with van der Waals surface area (Å²) in [6, 6.07) is 0. The highest BCUT2D eigenvalue weighted by Gasteiger charge is 2.74. The summed E-state index contributed by atoms with van der Waals surface area (Å²) in [5.74, 6) is -5.86. The normalized spacial score (nSPS) is 47.5. The van der Waals surface area contributed by atoms with Crippen LogP contribution in [-0.2, 0) is 19.1 Å². The lowest BCUT2D eigenvalue weighted by Crippen LogP contribution is -2.64. The number of fused-ring (bicyclic) bond motifs is 5. The Labute approximate surface area is 185 Å². The number of alkyl halides is 1. The maximum absolute atomic E-state index is 15.4. The zero-order valence-electron chi connectivity index (χ0n) is 18.7. The molecule has 0 amide bonds. The number of halogens is 2. The average Bonchev–Trinajstić information content (AvgIpc) is 2.92. The Balaban J connectivity index is 1.84. The molecule has 4 aliphatic rings. The van der Waals surface area contributed by atoms with Crippen molar-refractivity contribution in [3.8, 4) is 0 Å². The molecule has 0 unspecified atom stereocenters. The number of ketones is 1. The molecule has 0 aromatic rings. The molecule has 176 valence electrons. The third-order valence-corrected chi connectivity index (χ3v) is 8.97. The van der Waals surface area contributed by atoms with Gasteiger partial charge in [-0.05, 0) is 37.2 Å². The number of aliphatic carboxylic acids is 1. The number of hydrogen-bond acceptors (Lipinski definition) is 5. The first-order valence-electron chi connectivity index (χ1n) is 11.3. The van der Waals surface area contributed by atoms with Gasteiger partial charge in [0.15, 0.2) is 5.83 Å². The molecular formula is C24H30F2O6. The van der Waals surface area contributed by atoms with Crippen LogP contribution in [0.25, 0.3) is 0 Å². The summed E-state index contributed by atoms with van der Waals surface area (Å²) in [5.41, 5.74) is -4.39. The van der Waals surface area contributed by atoms with Crippen molar-refractivity contribution in [2.24, 2.45) is 34.5 Å². The van der Waals surface area contributed by atoms with Crippen molar-refractivity contribution in [1.29, 1.82) is 0 Å². The minimum Gasteiger partial charge on any atom is -0.478 e. The second kappa shape index (κ2) is 7.20. The van der Waals surface area contributed by atoms with Crippen LogP contribution in [0.2, 0.25) is 0 Å². The van der Waals surface area contributed by atoms with Gasteiger partial charge in [0, 0.05) is 34.7 Å². The van der Waals surface area contributed by atoms with Crippen LogP contribution in [0.5, 0.6) is 0 Å². The number of rotatable bonds is 3. The maximum Gasteiger partial charge on any atom is 0.349 e. The van der Waals surface area contributed by atoms with Gasteiger partial charge in [-0.3, -0.25) is 9.59 Å². The van der Waals surface area contributed by atoms with Gasteiger partial charge >= 0.3 is 11.9 Å². The van der Waals surface area contributed by atoms with Crippen molar-refractivity contribution < 1.29 is 38.1 Å². The molecule has 0 aromatic carbocycles. The number of hydrogen-bond donors (Lipinski definition) is 2. The summed E-state index contributed by atoms with van der Waals surface area (Å²) in [7, 11) is 0. The van der Waals surface area contributed by atoms with Gasteiger partial charge in [0.2, 0.25) is 11.4 Å². The number of carbonyl (C=O) groups excluding carboxylic acids is 2. The molecular weight excluding hydrogens is 422 g/mol. The SMILES string of the molecule is CCC(=O)O[C@]1(C(=O)O)[C@@H](C)C[C@H]2[C@@H]3C[C@H](F)C4=C(F)C(=O)C=C[C@]4(C)[C@H]3[C@@H](O)C[C@@]21C. The van der Waals surface area contributed by atoms with E-state index in [9.17, 15) is 29.0 Å².